The van der Waals surface area contributed by atoms with Crippen molar-refractivity contribution < 1.29 is 9.53 Å². The molecular formula is C28H24N8O2S. The molecule has 4 heterocycles. The molecule has 0 saturated carbocycles. The SMILES string of the molecule is CC(C)c1cc(NC(=O)Nc2ccc(Oc3ccnc(-c4cn[nH]c4)c3)cc2)n(-c2ccc3scnc3c2)n1. The van der Waals surface area contributed by atoms with Gasteiger partial charge in [-0.3, -0.25) is 15.4 Å². The van der Waals surface area contributed by atoms with Crippen molar-refractivity contribution in [1.82, 2.24) is 29.9 Å². The van der Waals surface area contributed by atoms with Crippen LogP contribution in [0.4, 0.5) is 16.3 Å². The Labute approximate surface area is 227 Å². The summed E-state index contributed by atoms with van der Waals surface area (Å²) in [4.78, 5) is 21.7. The Morgan fingerprint density at radius 2 is 1.87 bits per heavy atom. The highest BCUT2D eigenvalue weighted by molar-refractivity contribution is 7.16. The zero-order chi connectivity index (χ0) is 26.8. The number of benzene rings is 2. The van der Waals surface area contributed by atoms with Gasteiger partial charge in [0, 0.05) is 35.8 Å². The van der Waals surface area contributed by atoms with Crippen LogP contribution in [0.2, 0.25) is 0 Å². The number of hydrogen-bond donors (Lipinski definition) is 3. The third kappa shape index (κ3) is 5.34. The molecule has 0 bridgehead atoms. The van der Waals surface area contributed by atoms with E-state index in [1.165, 1.54) is 0 Å². The Morgan fingerprint density at radius 1 is 1.00 bits per heavy atom. The minimum absolute atomic E-state index is 0.196. The molecule has 39 heavy (non-hydrogen) atoms. The number of aromatic amines is 1. The number of nitrogens with one attached hydrogen (secondary N) is 3. The van der Waals surface area contributed by atoms with Crippen molar-refractivity contribution in [2.24, 2.45) is 0 Å². The molecule has 0 fully saturated rings. The van der Waals surface area contributed by atoms with Crippen LogP contribution in [0, 0.1) is 0 Å². The van der Waals surface area contributed by atoms with Crippen LogP contribution in [0.15, 0.2) is 84.8 Å². The van der Waals surface area contributed by atoms with Crippen molar-refractivity contribution in [1.29, 1.82) is 0 Å². The highest BCUT2D eigenvalue weighted by atomic mass is 32.1. The van der Waals surface area contributed by atoms with Crippen LogP contribution in [0.5, 0.6) is 11.5 Å². The molecule has 4 aromatic heterocycles. The number of anilines is 2. The molecule has 0 saturated heterocycles. The van der Waals surface area contributed by atoms with Gasteiger partial charge >= 0.3 is 6.03 Å². The van der Waals surface area contributed by atoms with Gasteiger partial charge in [0.05, 0.1) is 39.0 Å². The molecule has 0 aliphatic carbocycles. The average Bonchev–Trinajstić information content (AvgIpc) is 3.71. The lowest BCUT2D eigenvalue weighted by Gasteiger charge is -2.11. The number of H-pyrrole nitrogens is 1. The van der Waals surface area contributed by atoms with Gasteiger partial charge in [0.25, 0.3) is 0 Å². The Kier molecular flexibility index (Phi) is 6.47. The van der Waals surface area contributed by atoms with E-state index in [9.17, 15) is 4.79 Å². The lowest BCUT2D eigenvalue weighted by atomic mass is 10.1. The molecule has 0 spiro atoms. The zero-order valence-corrected chi connectivity index (χ0v) is 21.9. The van der Waals surface area contributed by atoms with Crippen molar-refractivity contribution in [2.45, 2.75) is 19.8 Å². The van der Waals surface area contributed by atoms with Gasteiger partial charge in [-0.2, -0.15) is 10.2 Å². The number of rotatable bonds is 7. The van der Waals surface area contributed by atoms with Crippen molar-refractivity contribution in [3.63, 3.8) is 0 Å². The summed E-state index contributed by atoms with van der Waals surface area (Å²) in [6, 6.07) is 18.2. The molecule has 2 amide bonds. The molecule has 0 aliphatic rings. The Balaban J connectivity index is 1.15. The topological polar surface area (TPSA) is 123 Å². The number of nitrogens with zero attached hydrogens (tertiary/aromatic N) is 5. The highest BCUT2D eigenvalue weighted by Gasteiger charge is 2.15. The number of thiazole rings is 1. The van der Waals surface area contributed by atoms with Crippen LogP contribution < -0.4 is 15.4 Å². The van der Waals surface area contributed by atoms with E-state index >= 15 is 0 Å². The van der Waals surface area contributed by atoms with Crippen LogP contribution in [0.3, 0.4) is 0 Å². The average molecular weight is 537 g/mol. The molecule has 0 atom stereocenters. The van der Waals surface area contributed by atoms with Crippen molar-refractivity contribution in [3.05, 3.63) is 90.5 Å². The maximum absolute atomic E-state index is 12.9. The van der Waals surface area contributed by atoms with Crippen molar-refractivity contribution in [3.8, 4) is 28.4 Å². The summed E-state index contributed by atoms with van der Waals surface area (Å²) in [5, 5.41) is 17.3. The number of hydrogen-bond acceptors (Lipinski definition) is 7. The fourth-order valence-electron chi connectivity index (χ4n) is 3.99. The number of amides is 2. The number of ether oxygens (including phenoxy) is 1. The molecular weight excluding hydrogens is 512 g/mol. The van der Waals surface area contributed by atoms with Gasteiger partial charge in [-0.1, -0.05) is 13.8 Å². The van der Waals surface area contributed by atoms with Crippen LogP contribution in [-0.4, -0.2) is 36.0 Å². The summed E-state index contributed by atoms with van der Waals surface area (Å²) >= 11 is 1.58. The number of carbonyl (C=O) groups excluding carboxylic acids is 1. The number of carbonyl (C=O) groups is 1. The van der Waals surface area contributed by atoms with Gasteiger partial charge in [-0.25, -0.2) is 14.5 Å². The predicted octanol–water partition coefficient (Wildman–Crippen LogP) is 6.83. The second-order valence-electron chi connectivity index (χ2n) is 9.09. The molecule has 0 aliphatic heterocycles. The second-order valence-corrected chi connectivity index (χ2v) is 9.98. The Morgan fingerprint density at radius 3 is 2.67 bits per heavy atom. The first-order valence-corrected chi connectivity index (χ1v) is 13.1. The summed E-state index contributed by atoms with van der Waals surface area (Å²) in [5.74, 6) is 2.03. The third-order valence-corrected chi connectivity index (χ3v) is 6.80. The summed E-state index contributed by atoms with van der Waals surface area (Å²) in [6.07, 6.45) is 5.16. The van der Waals surface area contributed by atoms with Crippen molar-refractivity contribution >= 4 is 39.1 Å². The van der Waals surface area contributed by atoms with E-state index in [0.29, 0.717) is 23.0 Å². The monoisotopic (exact) mass is 536 g/mol. The molecule has 0 unspecified atom stereocenters. The third-order valence-electron chi connectivity index (χ3n) is 5.99. The summed E-state index contributed by atoms with van der Waals surface area (Å²) < 4.78 is 8.80. The van der Waals surface area contributed by atoms with E-state index in [2.05, 4.69) is 44.6 Å². The van der Waals surface area contributed by atoms with Gasteiger partial charge in [0.2, 0.25) is 0 Å². The predicted molar refractivity (Wildman–Crippen MR) is 152 cm³/mol. The molecule has 10 nitrogen and oxygen atoms in total. The smallest absolute Gasteiger partial charge is 0.324 e. The number of aromatic nitrogens is 6. The van der Waals surface area contributed by atoms with E-state index in [1.54, 1.807) is 64.9 Å². The summed E-state index contributed by atoms with van der Waals surface area (Å²) in [7, 11) is 0. The maximum Gasteiger partial charge on any atom is 0.324 e. The summed E-state index contributed by atoms with van der Waals surface area (Å²) in [5.41, 5.74) is 6.64. The zero-order valence-electron chi connectivity index (χ0n) is 21.1. The molecule has 6 rings (SSSR count). The Hall–Kier alpha value is -5.03. The number of pyridine rings is 1. The fourth-order valence-corrected chi connectivity index (χ4v) is 4.65. The first kappa shape index (κ1) is 24.3. The quantitative estimate of drug-likeness (QED) is 0.206. The molecule has 2 aromatic carbocycles. The standard InChI is InChI=1S/C28H24N8O2S/c1-17(2)23-13-27(36(35-23)20-5-8-26-25(11-20)30-16-39-26)34-28(37)33-19-3-6-21(7-4-19)38-22-9-10-29-24(12-22)18-14-31-32-15-18/h3-17H,1-2H3,(H,31,32)(H2,33,34,37). The normalized spacial score (nSPS) is 11.2. The largest absolute Gasteiger partial charge is 0.457 e. The van der Waals surface area contributed by atoms with Crippen LogP contribution in [0.1, 0.15) is 25.5 Å². The van der Waals surface area contributed by atoms with Gasteiger partial charge in [-0.05, 0) is 54.4 Å². The first-order valence-electron chi connectivity index (χ1n) is 12.3. The minimum atomic E-state index is -0.381. The van der Waals surface area contributed by atoms with E-state index < -0.39 is 0 Å². The van der Waals surface area contributed by atoms with E-state index in [0.717, 1.165) is 32.9 Å². The fraction of sp³-hybridized carbons (Fsp3) is 0.107. The maximum atomic E-state index is 12.9. The molecule has 11 heteroatoms. The first-order chi connectivity index (χ1) is 19.0. The van der Waals surface area contributed by atoms with E-state index in [1.807, 2.05) is 35.8 Å². The number of fused-ring (bicyclic) bond motifs is 1. The van der Waals surface area contributed by atoms with Crippen LogP contribution in [0.25, 0.3) is 27.2 Å². The van der Waals surface area contributed by atoms with Gasteiger partial charge in [0.15, 0.2) is 0 Å². The molecule has 0 radical (unpaired) electrons. The van der Waals surface area contributed by atoms with Gasteiger partial charge in [-0.15, -0.1) is 11.3 Å². The lowest BCUT2D eigenvalue weighted by Crippen LogP contribution is -2.21. The second kappa shape index (κ2) is 10.4. The molecule has 194 valence electrons. The lowest BCUT2D eigenvalue weighted by molar-refractivity contribution is 0.262. The van der Waals surface area contributed by atoms with Crippen LogP contribution >= 0.6 is 11.3 Å². The minimum Gasteiger partial charge on any atom is -0.457 e. The highest BCUT2D eigenvalue weighted by Crippen LogP contribution is 2.28. The van der Waals surface area contributed by atoms with Gasteiger partial charge in [0.1, 0.15) is 17.3 Å². The summed E-state index contributed by atoms with van der Waals surface area (Å²) in [6.45, 7) is 4.13. The Bertz CT molecular complexity index is 1740. The van der Waals surface area contributed by atoms with E-state index in [4.69, 9.17) is 9.84 Å². The number of urea groups is 1. The van der Waals surface area contributed by atoms with E-state index in [-0.39, 0.29) is 11.9 Å². The van der Waals surface area contributed by atoms with Crippen molar-refractivity contribution in [2.75, 3.05) is 10.6 Å². The molecule has 3 N–H and O–H groups in total. The van der Waals surface area contributed by atoms with Crippen LogP contribution in [-0.2, 0) is 0 Å². The molecule has 6 aromatic rings. The van der Waals surface area contributed by atoms with Gasteiger partial charge < -0.3 is 10.1 Å².